The Morgan fingerprint density at radius 2 is 1.43 bits per heavy atom. The van der Waals surface area contributed by atoms with Gasteiger partial charge in [-0.3, -0.25) is 13.9 Å². The second-order valence-electron chi connectivity index (χ2n) is 12.4. The third kappa shape index (κ3) is 9.07. The van der Waals surface area contributed by atoms with Gasteiger partial charge in [0.1, 0.15) is 12.6 Å². The summed E-state index contributed by atoms with van der Waals surface area (Å²) in [6, 6.07) is 30.0. The fourth-order valence-electron chi connectivity index (χ4n) is 5.20. The molecule has 242 valence electrons. The van der Waals surface area contributed by atoms with Crippen molar-refractivity contribution in [2.75, 3.05) is 10.8 Å². The third-order valence-electron chi connectivity index (χ3n) is 7.56. The van der Waals surface area contributed by atoms with Gasteiger partial charge < -0.3 is 10.2 Å². The minimum absolute atomic E-state index is 0.0857. The van der Waals surface area contributed by atoms with Crippen LogP contribution in [0.4, 0.5) is 5.69 Å². The van der Waals surface area contributed by atoms with Crippen LogP contribution in [0.3, 0.4) is 0 Å². The average molecular weight is 705 g/mol. The van der Waals surface area contributed by atoms with Crippen LogP contribution >= 0.6 is 15.9 Å². The first-order valence-corrected chi connectivity index (χ1v) is 17.6. The lowest BCUT2D eigenvalue weighted by Gasteiger charge is -2.35. The van der Waals surface area contributed by atoms with Crippen LogP contribution in [-0.2, 0) is 39.0 Å². The number of benzene rings is 4. The summed E-state index contributed by atoms with van der Waals surface area (Å²) >= 11 is 3.47. The van der Waals surface area contributed by atoms with Gasteiger partial charge >= 0.3 is 0 Å². The molecular weight excluding hydrogens is 662 g/mol. The van der Waals surface area contributed by atoms with Crippen molar-refractivity contribution in [2.24, 2.45) is 0 Å². The molecule has 9 heteroatoms. The van der Waals surface area contributed by atoms with Gasteiger partial charge in [-0.15, -0.1) is 0 Å². The fourth-order valence-corrected chi connectivity index (χ4v) is 6.91. The molecule has 46 heavy (non-hydrogen) atoms. The summed E-state index contributed by atoms with van der Waals surface area (Å²) in [6.45, 7) is 9.13. The van der Waals surface area contributed by atoms with Crippen molar-refractivity contribution < 1.29 is 18.0 Å². The summed E-state index contributed by atoms with van der Waals surface area (Å²) < 4.78 is 30.7. The highest BCUT2D eigenvalue weighted by Crippen LogP contribution is 2.29. The lowest BCUT2D eigenvalue weighted by atomic mass is 10.0. The maximum Gasteiger partial charge on any atom is 0.264 e. The Balaban J connectivity index is 1.84. The zero-order valence-corrected chi connectivity index (χ0v) is 29.4. The Hall–Kier alpha value is -3.95. The van der Waals surface area contributed by atoms with Crippen LogP contribution in [-0.4, -0.2) is 43.3 Å². The Morgan fingerprint density at radius 1 is 0.826 bits per heavy atom. The number of nitrogens with zero attached hydrogens (tertiary/aromatic N) is 2. The molecule has 0 fully saturated rings. The van der Waals surface area contributed by atoms with Gasteiger partial charge in [0.2, 0.25) is 11.8 Å². The van der Waals surface area contributed by atoms with Gasteiger partial charge in [0, 0.05) is 23.0 Å². The molecule has 1 unspecified atom stereocenters. The first-order valence-electron chi connectivity index (χ1n) is 15.4. The second-order valence-corrected chi connectivity index (χ2v) is 15.2. The van der Waals surface area contributed by atoms with Gasteiger partial charge in [-0.05, 0) is 81.1 Å². The number of halogens is 1. The summed E-state index contributed by atoms with van der Waals surface area (Å²) in [5.74, 6) is -0.807. The molecular formula is C37H42BrN3O4S. The van der Waals surface area contributed by atoms with Crippen molar-refractivity contribution >= 4 is 43.5 Å². The Labute approximate surface area is 281 Å². The predicted octanol–water partition coefficient (Wildman–Crippen LogP) is 7.07. The molecule has 4 rings (SSSR count). The van der Waals surface area contributed by atoms with Crippen LogP contribution in [0.2, 0.25) is 0 Å². The van der Waals surface area contributed by atoms with Crippen molar-refractivity contribution in [2.45, 2.75) is 70.5 Å². The van der Waals surface area contributed by atoms with Crippen LogP contribution < -0.4 is 9.62 Å². The van der Waals surface area contributed by atoms with Gasteiger partial charge in [0.05, 0.1) is 10.6 Å². The minimum Gasteiger partial charge on any atom is -0.350 e. The Morgan fingerprint density at radius 3 is 2.04 bits per heavy atom. The van der Waals surface area contributed by atoms with Crippen molar-refractivity contribution in [1.29, 1.82) is 0 Å². The number of anilines is 1. The van der Waals surface area contributed by atoms with Crippen molar-refractivity contribution in [3.05, 3.63) is 130 Å². The smallest absolute Gasteiger partial charge is 0.264 e. The van der Waals surface area contributed by atoms with E-state index in [1.807, 2.05) is 101 Å². The molecule has 0 heterocycles. The zero-order valence-electron chi connectivity index (χ0n) is 27.0. The second kappa shape index (κ2) is 15.1. The Kier molecular flexibility index (Phi) is 11.5. The van der Waals surface area contributed by atoms with Gasteiger partial charge in [0.25, 0.3) is 10.0 Å². The van der Waals surface area contributed by atoms with E-state index in [-0.39, 0.29) is 23.8 Å². The van der Waals surface area contributed by atoms with E-state index in [2.05, 4.69) is 21.2 Å². The van der Waals surface area contributed by atoms with E-state index in [0.29, 0.717) is 12.1 Å². The van der Waals surface area contributed by atoms with Gasteiger partial charge in [-0.1, -0.05) is 101 Å². The van der Waals surface area contributed by atoms with Crippen LogP contribution in [0.15, 0.2) is 112 Å². The fraction of sp³-hybridized carbons (Fsp3) is 0.297. The van der Waals surface area contributed by atoms with Crippen molar-refractivity contribution in [3.63, 3.8) is 0 Å². The molecule has 4 aromatic carbocycles. The lowest BCUT2D eigenvalue weighted by molar-refractivity contribution is -0.140. The number of hydrogen-bond donors (Lipinski definition) is 1. The van der Waals surface area contributed by atoms with E-state index in [4.69, 9.17) is 0 Å². The first-order chi connectivity index (χ1) is 21.8. The normalized spacial score (nSPS) is 12.3. The molecule has 0 spiro atoms. The van der Waals surface area contributed by atoms with Crippen molar-refractivity contribution in [3.8, 4) is 0 Å². The summed E-state index contributed by atoms with van der Waals surface area (Å²) in [5.41, 5.74) is 3.27. The number of hydrogen-bond acceptors (Lipinski definition) is 4. The molecule has 0 saturated carbocycles. The highest BCUT2D eigenvalue weighted by molar-refractivity contribution is 9.10. The summed E-state index contributed by atoms with van der Waals surface area (Å²) in [7, 11) is -4.17. The first kappa shape index (κ1) is 34.9. The van der Waals surface area contributed by atoms with E-state index in [1.165, 1.54) is 9.21 Å². The summed E-state index contributed by atoms with van der Waals surface area (Å²) in [4.78, 5) is 30.3. The summed E-state index contributed by atoms with van der Waals surface area (Å²) in [6.07, 6.45) is 0.818. The predicted molar refractivity (Wildman–Crippen MR) is 188 cm³/mol. The number of sulfonamides is 1. The average Bonchev–Trinajstić information content (AvgIpc) is 3.02. The number of carbonyl (C=O) groups excluding carboxylic acids is 2. The largest absolute Gasteiger partial charge is 0.350 e. The monoisotopic (exact) mass is 703 g/mol. The SMILES string of the molecule is CCc1ccccc1N(CC(=O)N(Cc1ccc(Br)cc1)C(Cc1ccccc1)C(=O)NC(C)(C)C)S(=O)(=O)c1ccc(C)cc1. The highest BCUT2D eigenvalue weighted by atomic mass is 79.9. The molecule has 0 radical (unpaired) electrons. The molecule has 2 amide bonds. The molecule has 0 saturated heterocycles. The molecule has 1 N–H and O–H groups in total. The minimum atomic E-state index is -4.17. The van der Waals surface area contributed by atoms with Crippen LogP contribution in [0.5, 0.6) is 0 Å². The molecule has 0 aliphatic carbocycles. The Bertz CT molecular complexity index is 1740. The van der Waals surface area contributed by atoms with Gasteiger partial charge in [-0.25, -0.2) is 8.42 Å². The number of carbonyl (C=O) groups is 2. The van der Waals surface area contributed by atoms with Gasteiger partial charge in [-0.2, -0.15) is 0 Å². The topological polar surface area (TPSA) is 86.8 Å². The molecule has 7 nitrogen and oxygen atoms in total. The number of amides is 2. The van der Waals surface area contributed by atoms with Crippen molar-refractivity contribution in [1.82, 2.24) is 10.2 Å². The molecule has 1 atom stereocenters. The van der Waals surface area contributed by atoms with Gasteiger partial charge in [0.15, 0.2) is 0 Å². The van der Waals surface area contributed by atoms with Crippen LogP contribution in [0.25, 0.3) is 0 Å². The summed E-state index contributed by atoms with van der Waals surface area (Å²) in [5, 5.41) is 3.06. The van der Waals surface area contributed by atoms with E-state index in [0.717, 1.165) is 26.7 Å². The maximum absolute atomic E-state index is 14.7. The lowest BCUT2D eigenvalue weighted by Crippen LogP contribution is -2.56. The van der Waals surface area contributed by atoms with Crippen LogP contribution in [0, 0.1) is 6.92 Å². The maximum atomic E-state index is 14.7. The quantitative estimate of drug-likeness (QED) is 0.171. The van der Waals surface area contributed by atoms with E-state index < -0.39 is 34.1 Å². The molecule has 0 aromatic heterocycles. The number of nitrogens with one attached hydrogen (secondary N) is 1. The number of para-hydroxylation sites is 1. The third-order valence-corrected chi connectivity index (χ3v) is 9.87. The molecule has 0 aliphatic rings. The molecule has 4 aromatic rings. The number of aryl methyl sites for hydroxylation is 2. The van der Waals surface area contributed by atoms with E-state index in [9.17, 15) is 18.0 Å². The highest BCUT2D eigenvalue weighted by Gasteiger charge is 2.36. The molecule has 0 aliphatic heterocycles. The zero-order chi connectivity index (χ0) is 33.5. The van der Waals surface area contributed by atoms with E-state index >= 15 is 0 Å². The standard InChI is InChI=1S/C37H42BrN3O4S/c1-6-30-14-10-11-15-33(30)41(46(44,45)32-22-16-27(2)17-23-32)26-35(42)40(25-29-18-20-31(38)21-19-29)34(36(43)39-37(3,4)5)24-28-12-8-7-9-13-28/h7-23,34H,6,24-26H2,1-5H3,(H,39,43). The molecule has 0 bridgehead atoms. The van der Waals surface area contributed by atoms with Crippen LogP contribution in [0.1, 0.15) is 49.9 Å². The number of rotatable bonds is 12. The van der Waals surface area contributed by atoms with E-state index in [1.54, 1.807) is 36.4 Å².